The molecule has 0 radical (unpaired) electrons. The number of aromatic nitrogens is 4. The number of benzene rings is 1. The molecule has 0 aliphatic heterocycles. The molecule has 0 aliphatic carbocycles. The van der Waals surface area contributed by atoms with Crippen molar-refractivity contribution >= 4 is 22.7 Å². The second-order valence-electron chi connectivity index (χ2n) is 4.46. The summed E-state index contributed by atoms with van der Waals surface area (Å²) in [5, 5.41) is 3.05. The molecule has 0 spiro atoms. The summed E-state index contributed by atoms with van der Waals surface area (Å²) in [7, 11) is 0. The first-order valence-corrected chi connectivity index (χ1v) is 6.65. The van der Waals surface area contributed by atoms with Gasteiger partial charge in [0, 0.05) is 18.3 Å². The average molecular weight is 305 g/mol. The zero-order valence-electron chi connectivity index (χ0n) is 11.7. The van der Waals surface area contributed by atoms with Crippen LogP contribution in [0, 0.1) is 0 Å². The highest BCUT2D eigenvalue weighted by molar-refractivity contribution is 5.85. The number of rotatable bonds is 5. The third-order valence-electron chi connectivity index (χ3n) is 3.06. The number of halogens is 2. The maximum Gasteiger partial charge on any atom is 0.387 e. The van der Waals surface area contributed by atoms with Crippen LogP contribution in [0.4, 0.5) is 20.3 Å². The second-order valence-corrected chi connectivity index (χ2v) is 4.46. The van der Waals surface area contributed by atoms with Gasteiger partial charge in [-0.05, 0) is 19.1 Å². The molecule has 0 unspecified atom stereocenters. The first kappa shape index (κ1) is 14.2. The van der Waals surface area contributed by atoms with Crippen molar-refractivity contribution in [2.24, 2.45) is 0 Å². The minimum Gasteiger partial charge on any atom is -0.435 e. The molecule has 0 atom stereocenters. The van der Waals surface area contributed by atoms with Gasteiger partial charge in [0.25, 0.3) is 0 Å². The molecule has 1 aromatic carbocycles. The molecule has 6 nitrogen and oxygen atoms in total. The summed E-state index contributed by atoms with van der Waals surface area (Å²) < 4.78 is 30.8. The summed E-state index contributed by atoms with van der Waals surface area (Å²) in [6.07, 6.45) is 3.11. The number of imidazole rings is 1. The largest absolute Gasteiger partial charge is 0.435 e. The maximum atomic E-state index is 12.3. The van der Waals surface area contributed by atoms with Crippen molar-refractivity contribution in [1.29, 1.82) is 0 Å². The Balaban J connectivity index is 1.91. The summed E-state index contributed by atoms with van der Waals surface area (Å²) in [4.78, 5) is 12.6. The normalized spacial score (nSPS) is 11.1. The minimum atomic E-state index is -2.86. The van der Waals surface area contributed by atoms with Gasteiger partial charge in [0.1, 0.15) is 12.1 Å². The molecule has 0 saturated heterocycles. The molecule has 3 rings (SSSR count). The molecule has 2 heterocycles. The SMILES string of the molecule is CCn1cnc2c(Nc3cccc(OC(F)F)c3)ncnc21. The Morgan fingerprint density at radius 1 is 1.27 bits per heavy atom. The van der Waals surface area contributed by atoms with Gasteiger partial charge >= 0.3 is 6.61 Å². The summed E-state index contributed by atoms with van der Waals surface area (Å²) >= 11 is 0. The van der Waals surface area contributed by atoms with Gasteiger partial charge in [-0.2, -0.15) is 8.78 Å². The van der Waals surface area contributed by atoms with E-state index in [1.54, 1.807) is 18.5 Å². The zero-order chi connectivity index (χ0) is 15.5. The van der Waals surface area contributed by atoms with Crippen molar-refractivity contribution in [2.45, 2.75) is 20.1 Å². The zero-order valence-corrected chi connectivity index (χ0v) is 11.7. The van der Waals surface area contributed by atoms with E-state index in [-0.39, 0.29) is 5.75 Å². The highest BCUT2D eigenvalue weighted by Crippen LogP contribution is 2.25. The van der Waals surface area contributed by atoms with E-state index >= 15 is 0 Å². The lowest BCUT2D eigenvalue weighted by Crippen LogP contribution is -2.02. The van der Waals surface area contributed by atoms with Gasteiger partial charge in [0.15, 0.2) is 17.0 Å². The molecule has 0 amide bonds. The van der Waals surface area contributed by atoms with Crippen molar-refractivity contribution in [1.82, 2.24) is 19.5 Å². The molecule has 3 aromatic rings. The first-order valence-electron chi connectivity index (χ1n) is 6.65. The van der Waals surface area contributed by atoms with Crippen LogP contribution in [0.5, 0.6) is 5.75 Å². The van der Waals surface area contributed by atoms with Crippen LogP contribution in [0.1, 0.15) is 6.92 Å². The van der Waals surface area contributed by atoms with Crippen LogP contribution in [0.25, 0.3) is 11.2 Å². The van der Waals surface area contributed by atoms with Crippen LogP contribution in [0.2, 0.25) is 0 Å². The quantitative estimate of drug-likeness (QED) is 0.784. The van der Waals surface area contributed by atoms with Gasteiger partial charge in [0.2, 0.25) is 0 Å². The standard InChI is InChI=1S/C14H13F2N5O/c1-2-21-8-19-11-12(17-7-18-13(11)21)20-9-4-3-5-10(6-9)22-14(15)16/h3-8,14H,2H2,1H3,(H,17,18,20). The number of ether oxygens (including phenoxy) is 1. The number of nitrogens with zero attached hydrogens (tertiary/aromatic N) is 4. The molecule has 8 heteroatoms. The van der Waals surface area contributed by atoms with Gasteiger partial charge in [-0.1, -0.05) is 6.07 Å². The van der Waals surface area contributed by atoms with Crippen LogP contribution in [0.3, 0.4) is 0 Å². The van der Waals surface area contributed by atoms with Crippen molar-refractivity contribution in [3.05, 3.63) is 36.9 Å². The first-order chi connectivity index (χ1) is 10.7. The Morgan fingerprint density at radius 3 is 2.91 bits per heavy atom. The van der Waals surface area contributed by atoms with E-state index in [0.29, 0.717) is 22.7 Å². The Hall–Kier alpha value is -2.77. The summed E-state index contributed by atoms with van der Waals surface area (Å²) in [6, 6.07) is 6.27. The fourth-order valence-corrected chi connectivity index (χ4v) is 2.09. The van der Waals surface area contributed by atoms with Gasteiger partial charge < -0.3 is 14.6 Å². The molecule has 0 saturated carbocycles. The lowest BCUT2D eigenvalue weighted by molar-refractivity contribution is -0.0497. The number of alkyl halides is 2. The van der Waals surface area contributed by atoms with E-state index in [1.807, 2.05) is 11.5 Å². The third kappa shape index (κ3) is 2.80. The Bertz CT molecular complexity index is 790. The monoisotopic (exact) mass is 305 g/mol. The Labute approximate surface area is 124 Å². The highest BCUT2D eigenvalue weighted by atomic mass is 19.3. The van der Waals surface area contributed by atoms with Gasteiger partial charge in [-0.3, -0.25) is 0 Å². The number of fused-ring (bicyclic) bond motifs is 1. The van der Waals surface area contributed by atoms with E-state index in [2.05, 4.69) is 25.0 Å². The van der Waals surface area contributed by atoms with Crippen molar-refractivity contribution in [3.63, 3.8) is 0 Å². The number of aryl methyl sites for hydroxylation is 1. The fraction of sp³-hybridized carbons (Fsp3) is 0.214. The van der Waals surface area contributed by atoms with Crippen LogP contribution >= 0.6 is 0 Å². The second kappa shape index (κ2) is 5.92. The van der Waals surface area contributed by atoms with Crippen LogP contribution in [0.15, 0.2) is 36.9 Å². The predicted octanol–water partition coefficient (Wildman–Crippen LogP) is 3.19. The molecule has 1 N–H and O–H groups in total. The van der Waals surface area contributed by atoms with Gasteiger partial charge in [-0.25, -0.2) is 15.0 Å². The lowest BCUT2D eigenvalue weighted by atomic mass is 10.3. The van der Waals surface area contributed by atoms with E-state index in [0.717, 1.165) is 6.54 Å². The third-order valence-corrected chi connectivity index (χ3v) is 3.06. The van der Waals surface area contributed by atoms with E-state index in [4.69, 9.17) is 0 Å². The molecule has 114 valence electrons. The molecule has 22 heavy (non-hydrogen) atoms. The fourth-order valence-electron chi connectivity index (χ4n) is 2.09. The Kier molecular flexibility index (Phi) is 3.82. The maximum absolute atomic E-state index is 12.3. The summed E-state index contributed by atoms with van der Waals surface area (Å²) in [5.74, 6) is 0.579. The smallest absolute Gasteiger partial charge is 0.387 e. The number of hydrogen-bond acceptors (Lipinski definition) is 5. The topological polar surface area (TPSA) is 64.9 Å². The summed E-state index contributed by atoms with van der Waals surface area (Å²) in [5.41, 5.74) is 1.90. The predicted molar refractivity (Wildman–Crippen MR) is 77.4 cm³/mol. The highest BCUT2D eigenvalue weighted by Gasteiger charge is 2.10. The number of anilines is 2. The number of nitrogens with one attached hydrogen (secondary N) is 1. The van der Waals surface area contributed by atoms with Crippen molar-refractivity contribution in [2.75, 3.05) is 5.32 Å². The molecular weight excluding hydrogens is 292 g/mol. The van der Waals surface area contributed by atoms with Crippen molar-refractivity contribution in [3.8, 4) is 5.75 Å². The van der Waals surface area contributed by atoms with E-state index in [1.165, 1.54) is 18.5 Å². The molecule has 0 fully saturated rings. The molecule has 0 aliphatic rings. The average Bonchev–Trinajstić information content (AvgIpc) is 2.91. The van der Waals surface area contributed by atoms with Gasteiger partial charge in [-0.15, -0.1) is 0 Å². The van der Waals surface area contributed by atoms with E-state index in [9.17, 15) is 8.78 Å². The number of hydrogen-bond donors (Lipinski definition) is 1. The van der Waals surface area contributed by atoms with Crippen LogP contribution < -0.4 is 10.1 Å². The van der Waals surface area contributed by atoms with E-state index < -0.39 is 6.61 Å². The minimum absolute atomic E-state index is 0.0735. The van der Waals surface area contributed by atoms with Gasteiger partial charge in [0.05, 0.1) is 6.33 Å². The Morgan fingerprint density at radius 2 is 2.14 bits per heavy atom. The van der Waals surface area contributed by atoms with Crippen molar-refractivity contribution < 1.29 is 13.5 Å². The van der Waals surface area contributed by atoms with Crippen LogP contribution in [-0.2, 0) is 6.54 Å². The lowest BCUT2D eigenvalue weighted by Gasteiger charge is -2.09. The molecule has 0 bridgehead atoms. The molecular formula is C14H13F2N5O. The summed E-state index contributed by atoms with van der Waals surface area (Å²) in [6.45, 7) is -0.132. The van der Waals surface area contributed by atoms with Crippen LogP contribution in [-0.4, -0.2) is 26.1 Å². The molecule has 2 aromatic heterocycles.